The number of carbonyl (C=O) groups excluding carboxylic acids is 1. The van der Waals surface area contributed by atoms with E-state index in [1.54, 1.807) is 6.92 Å². The van der Waals surface area contributed by atoms with E-state index in [2.05, 4.69) is 28.6 Å². The molecule has 9 heteroatoms. The van der Waals surface area contributed by atoms with Crippen LogP contribution in [0, 0.1) is 0 Å². The minimum atomic E-state index is -3.72. The summed E-state index contributed by atoms with van der Waals surface area (Å²) in [4.78, 5) is 15.0. The van der Waals surface area contributed by atoms with Crippen molar-refractivity contribution in [2.24, 2.45) is 4.99 Å². The number of carbonyl (C=O) groups is 1. The summed E-state index contributed by atoms with van der Waals surface area (Å²) >= 11 is 0. The fraction of sp³-hybridized carbons (Fsp3) is 0.800. The number of amides is 1. The second kappa shape index (κ2) is 7.53. The number of hydrogen-bond donors (Lipinski definition) is 1. The number of aliphatic imine (C=N–C) groups is 1. The molecule has 0 aromatic carbocycles. The van der Waals surface area contributed by atoms with Gasteiger partial charge in [-0.3, -0.25) is 9.28 Å². The van der Waals surface area contributed by atoms with Gasteiger partial charge in [0.05, 0.1) is 26.4 Å². The summed E-state index contributed by atoms with van der Waals surface area (Å²) in [6.45, 7) is 7.26. The van der Waals surface area contributed by atoms with Gasteiger partial charge in [-0.2, -0.15) is 0 Å². The van der Waals surface area contributed by atoms with E-state index >= 15 is 0 Å². The third-order valence-electron chi connectivity index (χ3n) is 2.82. The number of nitrogens with one attached hydrogen (secondary N) is 1. The Morgan fingerprint density at radius 3 is 2.42 bits per heavy atom. The third kappa shape index (κ3) is 7.88. The molecule has 0 aromatic heterocycles. The van der Waals surface area contributed by atoms with Crippen LogP contribution in [0.2, 0.25) is 0 Å². The zero-order valence-electron chi connectivity index (χ0n) is 11.7. The van der Waals surface area contributed by atoms with Crippen LogP contribution in [-0.2, 0) is 19.2 Å². The van der Waals surface area contributed by atoms with E-state index in [9.17, 15) is 13.2 Å². The smallest absolute Gasteiger partial charge is 0.255 e. The zero-order chi connectivity index (χ0) is 15.1. The van der Waals surface area contributed by atoms with Gasteiger partial charge in [-0.15, -0.1) is 0 Å². The summed E-state index contributed by atoms with van der Waals surface area (Å²) in [5.41, 5.74) is 0. The largest absolute Gasteiger partial charge is 0.707 e. The molecule has 1 aliphatic heterocycles. The predicted octanol–water partition coefficient (Wildman–Crippen LogP) is -1.76. The molecule has 1 heterocycles. The van der Waals surface area contributed by atoms with Crippen molar-refractivity contribution in [1.29, 1.82) is 0 Å². The topological polar surface area (TPSA) is 108 Å². The molecular formula is C10H21N3O5S. The molecule has 0 spiro atoms. The molecule has 1 N–H and O–H groups in total. The average molecular weight is 295 g/mol. The number of hydrogen-bond acceptors (Lipinski definition) is 6. The van der Waals surface area contributed by atoms with E-state index < -0.39 is 10.1 Å². The van der Waals surface area contributed by atoms with Crippen LogP contribution in [-0.4, -0.2) is 64.1 Å². The van der Waals surface area contributed by atoms with Crippen LogP contribution in [0.3, 0.4) is 0 Å². The lowest BCUT2D eigenvalue weighted by Gasteiger charge is -2.28. The van der Waals surface area contributed by atoms with E-state index in [0.29, 0.717) is 6.26 Å². The summed E-state index contributed by atoms with van der Waals surface area (Å²) in [6, 6.07) is 0. The second-order valence-corrected chi connectivity index (χ2v) is 6.07. The van der Waals surface area contributed by atoms with Crippen LogP contribution in [0.1, 0.15) is 13.8 Å². The maximum atomic E-state index is 10.7. The van der Waals surface area contributed by atoms with Gasteiger partial charge in [0.2, 0.25) is 5.91 Å². The predicted molar refractivity (Wildman–Crippen MR) is 68.5 cm³/mol. The zero-order valence-corrected chi connectivity index (χ0v) is 12.5. The maximum absolute atomic E-state index is 10.7. The lowest BCUT2D eigenvalue weighted by Crippen LogP contribution is -2.49. The van der Waals surface area contributed by atoms with Crippen molar-refractivity contribution in [1.82, 2.24) is 5.32 Å². The molecule has 0 saturated carbocycles. The van der Waals surface area contributed by atoms with Gasteiger partial charge < -0.3 is 14.9 Å². The molecule has 19 heavy (non-hydrogen) atoms. The van der Waals surface area contributed by atoms with Crippen molar-refractivity contribution in [3.63, 3.8) is 0 Å². The number of amidine groups is 1. The Morgan fingerprint density at radius 1 is 1.58 bits per heavy atom. The van der Waals surface area contributed by atoms with Crippen LogP contribution in [0.25, 0.3) is 0 Å². The molecule has 8 nitrogen and oxygen atoms in total. The van der Waals surface area contributed by atoms with E-state index in [0.717, 1.165) is 30.7 Å². The first kappa shape index (κ1) is 18.0. The minimum Gasteiger partial charge on any atom is -0.707 e. The maximum Gasteiger partial charge on any atom is 0.255 e. The average Bonchev–Trinajstić information content (AvgIpc) is 2.59. The molecular weight excluding hydrogens is 274 g/mol. The van der Waals surface area contributed by atoms with Crippen molar-refractivity contribution in [2.45, 2.75) is 13.8 Å². The second-order valence-electron chi connectivity index (χ2n) is 4.53. The standard InChI is InChI=1S/C9H17N3O.CH4O4S/c1-8-10-4-6-12(8,3)7-5-11-9(2)13;1-6(3,4)5-2/h4-7H2,1-3H3;2H,1H3. The van der Waals surface area contributed by atoms with Crippen molar-refractivity contribution < 1.29 is 27.3 Å². The fourth-order valence-electron chi connectivity index (χ4n) is 1.52. The van der Waals surface area contributed by atoms with Crippen molar-refractivity contribution >= 4 is 21.9 Å². The summed E-state index contributed by atoms with van der Waals surface area (Å²) in [5, 5.41) is 11.7. The molecule has 0 bridgehead atoms. The number of quaternary nitrogens is 1. The van der Waals surface area contributed by atoms with Gasteiger partial charge in [-0.05, 0) is 0 Å². The van der Waals surface area contributed by atoms with E-state index in [4.69, 9.17) is 5.26 Å². The monoisotopic (exact) mass is 295 g/mol. The molecule has 0 fully saturated rings. The van der Waals surface area contributed by atoms with Gasteiger partial charge in [-0.1, -0.05) is 0 Å². The van der Waals surface area contributed by atoms with Gasteiger partial charge in [0.15, 0.2) is 5.84 Å². The molecule has 0 saturated heterocycles. The molecule has 0 radical (unpaired) electrons. The van der Waals surface area contributed by atoms with Crippen molar-refractivity contribution in [3.8, 4) is 0 Å². The SMILES string of the molecule is CC(=O)NCC[N+]1(C)CCN=C1C.CS(=O)(=O)O[O-]. The quantitative estimate of drug-likeness (QED) is 0.375. The molecule has 0 aliphatic carbocycles. The number of likely N-dealkylation sites (N-methyl/N-ethyl adjacent to an activating group) is 1. The highest BCUT2D eigenvalue weighted by atomic mass is 32.2. The summed E-state index contributed by atoms with van der Waals surface area (Å²) in [6.07, 6.45) is 0.681. The van der Waals surface area contributed by atoms with E-state index in [-0.39, 0.29) is 5.91 Å². The number of nitrogens with zero attached hydrogens (tertiary/aromatic N) is 2. The highest BCUT2D eigenvalue weighted by molar-refractivity contribution is 7.85. The summed E-state index contributed by atoms with van der Waals surface area (Å²) in [5.74, 6) is 1.21. The first-order chi connectivity index (χ1) is 8.60. The minimum absolute atomic E-state index is 0.0420. The molecule has 1 aliphatic rings. The number of rotatable bonds is 4. The molecule has 1 rings (SSSR count). The Hall–Kier alpha value is -1.03. The Balaban J connectivity index is 0.000000459. The highest BCUT2D eigenvalue weighted by Gasteiger charge is 2.29. The van der Waals surface area contributed by atoms with Gasteiger partial charge in [0.25, 0.3) is 10.1 Å². The highest BCUT2D eigenvalue weighted by Crippen LogP contribution is 2.10. The van der Waals surface area contributed by atoms with Gasteiger partial charge in [0, 0.05) is 13.8 Å². The van der Waals surface area contributed by atoms with Crippen LogP contribution in [0.15, 0.2) is 4.99 Å². The summed E-state index contributed by atoms with van der Waals surface area (Å²) < 4.78 is 22.5. The van der Waals surface area contributed by atoms with Crippen molar-refractivity contribution in [2.75, 3.05) is 39.5 Å². The Labute approximate surface area is 113 Å². The Kier molecular flexibility index (Phi) is 7.12. The third-order valence-corrected chi connectivity index (χ3v) is 3.07. The Bertz CT molecular complexity index is 434. The van der Waals surface area contributed by atoms with Crippen LogP contribution < -0.4 is 10.6 Å². The Morgan fingerprint density at radius 2 is 2.11 bits per heavy atom. The van der Waals surface area contributed by atoms with Crippen molar-refractivity contribution in [3.05, 3.63) is 0 Å². The van der Waals surface area contributed by atoms with Gasteiger partial charge >= 0.3 is 0 Å². The normalized spacial score (nSPS) is 22.3. The molecule has 112 valence electrons. The molecule has 1 atom stereocenters. The van der Waals surface area contributed by atoms with Crippen LogP contribution >= 0.6 is 0 Å². The van der Waals surface area contributed by atoms with Gasteiger partial charge in [-0.25, -0.2) is 13.4 Å². The van der Waals surface area contributed by atoms with E-state index in [1.807, 2.05) is 0 Å². The van der Waals surface area contributed by atoms with E-state index in [1.165, 1.54) is 5.84 Å². The lowest BCUT2D eigenvalue weighted by molar-refractivity contribution is -0.813. The molecule has 1 unspecified atom stereocenters. The molecule has 0 aromatic rings. The summed E-state index contributed by atoms with van der Waals surface area (Å²) in [7, 11) is -1.56. The lowest BCUT2D eigenvalue weighted by atomic mass is 10.4. The van der Waals surface area contributed by atoms with Crippen LogP contribution in [0.5, 0.6) is 0 Å². The van der Waals surface area contributed by atoms with Gasteiger partial charge in [0.1, 0.15) is 13.1 Å². The van der Waals surface area contributed by atoms with Crippen LogP contribution in [0.4, 0.5) is 0 Å². The molecule has 1 amide bonds. The first-order valence-electron chi connectivity index (χ1n) is 5.73. The fourth-order valence-corrected chi connectivity index (χ4v) is 1.52. The first-order valence-corrected chi connectivity index (χ1v) is 7.54.